The molecule has 1 aromatic heterocycles. The number of ether oxygens (including phenoxy) is 1. The smallest absolute Gasteiger partial charge is 0.330 e. The van der Waals surface area contributed by atoms with Gasteiger partial charge in [-0.1, -0.05) is 0 Å². The van der Waals surface area contributed by atoms with Gasteiger partial charge in [-0.05, 0) is 6.08 Å². The molecule has 1 saturated heterocycles. The first-order valence-electron chi connectivity index (χ1n) is 5.93. The first-order chi connectivity index (χ1) is 9.56. The van der Waals surface area contributed by atoms with Crippen molar-refractivity contribution in [2.24, 2.45) is 0 Å². The summed E-state index contributed by atoms with van der Waals surface area (Å²) in [6.45, 7) is -0.364. The van der Waals surface area contributed by atoms with Gasteiger partial charge in [0.2, 0.25) is 0 Å². The van der Waals surface area contributed by atoms with E-state index < -0.39 is 29.7 Å². The number of aromatic nitrogens is 2. The second kappa shape index (κ2) is 5.83. The fourth-order valence-corrected chi connectivity index (χ4v) is 2.01. The third-order valence-electron chi connectivity index (χ3n) is 3.03. The van der Waals surface area contributed by atoms with Crippen LogP contribution in [0, 0.1) is 11.3 Å². The molecule has 1 aromatic rings. The lowest BCUT2D eigenvalue weighted by atomic mass is 10.2. The molecule has 8 nitrogen and oxygen atoms in total. The van der Waals surface area contributed by atoms with Crippen LogP contribution < -0.4 is 11.2 Å². The summed E-state index contributed by atoms with van der Waals surface area (Å²) in [5, 5.41) is 27.1. The Labute approximate surface area is 113 Å². The Hall–Kier alpha value is -2.21. The van der Waals surface area contributed by atoms with Crippen molar-refractivity contribution in [1.29, 1.82) is 5.26 Å². The van der Waals surface area contributed by atoms with Gasteiger partial charge in [0.25, 0.3) is 5.56 Å². The van der Waals surface area contributed by atoms with E-state index in [2.05, 4.69) is 4.98 Å². The van der Waals surface area contributed by atoms with Crippen LogP contribution in [0.2, 0.25) is 0 Å². The Morgan fingerprint density at radius 3 is 2.95 bits per heavy atom. The first kappa shape index (κ1) is 14.2. The third kappa shape index (κ3) is 2.70. The highest BCUT2D eigenvalue weighted by atomic mass is 16.5. The Balaban J connectivity index is 2.38. The molecular weight excluding hydrogens is 266 g/mol. The van der Waals surface area contributed by atoms with Crippen LogP contribution in [0.5, 0.6) is 0 Å². The molecule has 8 heteroatoms. The summed E-state index contributed by atoms with van der Waals surface area (Å²) < 4.78 is 6.46. The largest absolute Gasteiger partial charge is 0.394 e. The van der Waals surface area contributed by atoms with Crippen molar-refractivity contribution in [3.8, 4) is 6.07 Å². The van der Waals surface area contributed by atoms with Crippen molar-refractivity contribution in [2.45, 2.75) is 24.9 Å². The lowest BCUT2D eigenvalue weighted by molar-refractivity contribution is -0.0459. The predicted octanol–water partition coefficient (Wildman–Crippen LogP) is -1.29. The number of H-pyrrole nitrogens is 1. The average molecular weight is 279 g/mol. The number of allylic oxidation sites excluding steroid dienone is 1. The minimum absolute atomic E-state index is 0.122. The quantitative estimate of drug-likeness (QED) is 0.591. The summed E-state index contributed by atoms with van der Waals surface area (Å²) in [5.74, 6) is 0. The van der Waals surface area contributed by atoms with Crippen LogP contribution in [0.25, 0.3) is 6.08 Å². The molecule has 1 aliphatic heterocycles. The molecule has 1 aliphatic rings. The van der Waals surface area contributed by atoms with Gasteiger partial charge in [-0.25, -0.2) is 4.79 Å². The molecule has 1 fully saturated rings. The standard InChI is InChI=1S/C12H13N3O5/c13-3-1-2-7-5-15(12(19)14-11(7)18)10-4-8(17)9(6-16)20-10/h1-2,5,8-10,16-17H,4,6H2,(H,14,18,19)/b2-1+/t8?,9-,10+/m1/s1. The number of rotatable bonds is 3. The molecule has 0 saturated carbocycles. The number of hydrogen-bond acceptors (Lipinski definition) is 6. The van der Waals surface area contributed by atoms with E-state index in [1.807, 2.05) is 0 Å². The monoisotopic (exact) mass is 279 g/mol. The van der Waals surface area contributed by atoms with E-state index in [9.17, 15) is 14.7 Å². The maximum absolute atomic E-state index is 11.7. The molecular formula is C12H13N3O5. The highest BCUT2D eigenvalue weighted by molar-refractivity contribution is 5.49. The molecule has 106 valence electrons. The van der Waals surface area contributed by atoms with Crippen LogP contribution >= 0.6 is 0 Å². The fourth-order valence-electron chi connectivity index (χ4n) is 2.01. The zero-order chi connectivity index (χ0) is 14.7. The highest BCUT2D eigenvalue weighted by Gasteiger charge is 2.35. The second-order valence-corrected chi connectivity index (χ2v) is 4.33. The topological polar surface area (TPSA) is 128 Å². The lowest BCUT2D eigenvalue weighted by Gasteiger charge is -2.14. The average Bonchev–Trinajstić information content (AvgIpc) is 2.79. The number of nitrogens with zero attached hydrogens (tertiary/aromatic N) is 2. The molecule has 3 N–H and O–H groups in total. The highest BCUT2D eigenvalue weighted by Crippen LogP contribution is 2.27. The van der Waals surface area contributed by atoms with Crippen LogP contribution in [-0.2, 0) is 4.74 Å². The maximum Gasteiger partial charge on any atom is 0.330 e. The van der Waals surface area contributed by atoms with Gasteiger partial charge in [0, 0.05) is 18.7 Å². The molecule has 20 heavy (non-hydrogen) atoms. The lowest BCUT2D eigenvalue weighted by Crippen LogP contribution is -2.33. The van der Waals surface area contributed by atoms with Gasteiger partial charge in [-0.15, -0.1) is 0 Å². The van der Waals surface area contributed by atoms with E-state index in [1.54, 1.807) is 6.07 Å². The SMILES string of the molecule is N#C/C=C/c1cn([C@@H]2CC(O)[C@@H](CO)O2)c(=O)[nH]c1=O. The molecule has 2 rings (SSSR count). The predicted molar refractivity (Wildman–Crippen MR) is 67.6 cm³/mol. The second-order valence-electron chi connectivity index (χ2n) is 4.33. The summed E-state index contributed by atoms with van der Waals surface area (Å²) in [4.78, 5) is 25.4. The zero-order valence-electron chi connectivity index (χ0n) is 10.4. The van der Waals surface area contributed by atoms with Gasteiger partial charge >= 0.3 is 5.69 Å². The molecule has 0 amide bonds. The molecule has 0 radical (unpaired) electrons. The van der Waals surface area contributed by atoms with Crippen molar-refractivity contribution >= 4 is 6.08 Å². The van der Waals surface area contributed by atoms with Gasteiger partial charge < -0.3 is 14.9 Å². The van der Waals surface area contributed by atoms with Gasteiger partial charge in [0.15, 0.2) is 0 Å². The van der Waals surface area contributed by atoms with Crippen molar-refractivity contribution < 1.29 is 14.9 Å². The molecule has 0 aromatic carbocycles. The normalized spacial score (nSPS) is 25.9. The molecule has 1 unspecified atom stereocenters. The van der Waals surface area contributed by atoms with Crippen LogP contribution in [0.1, 0.15) is 18.2 Å². The summed E-state index contributed by atoms with van der Waals surface area (Å²) in [7, 11) is 0. The Kier molecular flexibility index (Phi) is 4.14. The van der Waals surface area contributed by atoms with Crippen molar-refractivity contribution in [3.05, 3.63) is 38.7 Å². The van der Waals surface area contributed by atoms with E-state index in [0.717, 1.165) is 10.6 Å². The molecule has 0 aliphatic carbocycles. The fraction of sp³-hybridized carbons (Fsp3) is 0.417. The Morgan fingerprint density at radius 2 is 2.35 bits per heavy atom. The van der Waals surface area contributed by atoms with Crippen LogP contribution in [0.15, 0.2) is 21.9 Å². The molecule has 3 atom stereocenters. The van der Waals surface area contributed by atoms with E-state index >= 15 is 0 Å². The van der Waals surface area contributed by atoms with E-state index in [1.165, 1.54) is 12.3 Å². The van der Waals surface area contributed by atoms with Gasteiger partial charge in [-0.2, -0.15) is 5.26 Å². The Morgan fingerprint density at radius 1 is 1.60 bits per heavy atom. The number of aliphatic hydroxyl groups is 2. The van der Waals surface area contributed by atoms with Gasteiger partial charge in [0.05, 0.1) is 24.3 Å². The van der Waals surface area contributed by atoms with E-state index in [0.29, 0.717) is 0 Å². The number of nitriles is 1. The molecule has 0 spiro atoms. The van der Waals surface area contributed by atoms with Crippen LogP contribution in [0.4, 0.5) is 0 Å². The van der Waals surface area contributed by atoms with E-state index in [-0.39, 0.29) is 18.6 Å². The maximum atomic E-state index is 11.7. The minimum Gasteiger partial charge on any atom is -0.394 e. The number of aliphatic hydroxyl groups excluding tert-OH is 2. The van der Waals surface area contributed by atoms with Crippen molar-refractivity contribution in [3.63, 3.8) is 0 Å². The van der Waals surface area contributed by atoms with Gasteiger partial charge in [-0.3, -0.25) is 14.3 Å². The molecule has 2 heterocycles. The van der Waals surface area contributed by atoms with E-state index in [4.69, 9.17) is 15.1 Å². The van der Waals surface area contributed by atoms with Crippen molar-refractivity contribution in [1.82, 2.24) is 9.55 Å². The van der Waals surface area contributed by atoms with Crippen LogP contribution in [0.3, 0.4) is 0 Å². The number of nitrogens with one attached hydrogen (secondary N) is 1. The number of hydrogen-bond donors (Lipinski definition) is 3. The molecule has 0 bridgehead atoms. The Bertz CT molecular complexity index is 669. The van der Waals surface area contributed by atoms with Gasteiger partial charge in [0.1, 0.15) is 12.3 Å². The summed E-state index contributed by atoms with van der Waals surface area (Å²) >= 11 is 0. The first-order valence-corrected chi connectivity index (χ1v) is 5.93. The summed E-state index contributed by atoms with van der Waals surface area (Å²) in [6.07, 6.45) is 1.33. The number of aromatic amines is 1. The third-order valence-corrected chi connectivity index (χ3v) is 3.03. The van der Waals surface area contributed by atoms with Crippen LogP contribution in [-0.4, -0.2) is 38.6 Å². The summed E-state index contributed by atoms with van der Waals surface area (Å²) in [5.41, 5.74) is -1.17. The minimum atomic E-state index is -0.887. The zero-order valence-corrected chi connectivity index (χ0v) is 10.4. The van der Waals surface area contributed by atoms with Crippen molar-refractivity contribution in [2.75, 3.05) is 6.61 Å². The summed E-state index contributed by atoms with van der Waals surface area (Å²) in [6, 6.07) is 1.75.